The molecule has 0 aliphatic rings. The summed E-state index contributed by atoms with van der Waals surface area (Å²) >= 11 is 0. The molecule has 2 heterocycles. The van der Waals surface area contributed by atoms with Crippen molar-refractivity contribution in [2.24, 2.45) is 0 Å². The Kier molecular flexibility index (Phi) is 4.21. The fraction of sp³-hybridized carbons (Fsp3) is 0.0556. The first-order chi connectivity index (χ1) is 12.8. The number of H-pyrrole nitrogens is 1. The maximum atomic E-state index is 12.3. The summed E-state index contributed by atoms with van der Waals surface area (Å²) in [6, 6.07) is 18.6. The van der Waals surface area contributed by atoms with E-state index in [1.165, 1.54) is 0 Å². The molecule has 0 aliphatic heterocycles. The monoisotopic (exact) mass is 346 g/mol. The molecule has 8 nitrogen and oxygen atoms in total. The Bertz CT molecular complexity index is 1010. The van der Waals surface area contributed by atoms with Crippen molar-refractivity contribution < 1.29 is 9.32 Å². The van der Waals surface area contributed by atoms with E-state index in [4.69, 9.17) is 4.52 Å². The van der Waals surface area contributed by atoms with Gasteiger partial charge in [-0.1, -0.05) is 47.6 Å². The van der Waals surface area contributed by atoms with E-state index in [9.17, 15) is 4.79 Å². The van der Waals surface area contributed by atoms with Gasteiger partial charge in [0.05, 0.1) is 12.1 Å². The second-order valence-electron chi connectivity index (χ2n) is 5.59. The topological polar surface area (TPSA) is 110 Å². The van der Waals surface area contributed by atoms with E-state index in [-0.39, 0.29) is 12.3 Å². The summed E-state index contributed by atoms with van der Waals surface area (Å²) in [4.78, 5) is 12.3. The lowest BCUT2D eigenvalue weighted by Gasteiger charge is -2.04. The molecule has 0 fully saturated rings. The van der Waals surface area contributed by atoms with E-state index in [0.29, 0.717) is 23.0 Å². The number of carbonyl (C=O) groups is 1. The number of nitrogens with one attached hydrogen (secondary N) is 2. The number of hydrogen-bond donors (Lipinski definition) is 2. The summed E-state index contributed by atoms with van der Waals surface area (Å²) < 4.78 is 5.31. The van der Waals surface area contributed by atoms with Gasteiger partial charge in [-0.15, -0.1) is 10.2 Å². The average molecular weight is 346 g/mol. The predicted molar refractivity (Wildman–Crippen MR) is 93.9 cm³/mol. The van der Waals surface area contributed by atoms with Gasteiger partial charge in [0.1, 0.15) is 0 Å². The largest absolute Gasteiger partial charge is 0.356 e. The Hall–Kier alpha value is -3.81. The second-order valence-corrected chi connectivity index (χ2v) is 5.59. The first-order valence-corrected chi connectivity index (χ1v) is 7.93. The third kappa shape index (κ3) is 3.48. The Balaban J connectivity index is 1.43. The van der Waals surface area contributed by atoms with Crippen LogP contribution in [0.5, 0.6) is 0 Å². The number of carbonyl (C=O) groups excluding carboxylic acids is 1. The first-order valence-electron chi connectivity index (χ1n) is 7.93. The van der Waals surface area contributed by atoms with E-state index in [2.05, 4.69) is 31.1 Å². The molecule has 0 saturated heterocycles. The summed E-state index contributed by atoms with van der Waals surface area (Å²) in [5.74, 6) is 0.904. The Morgan fingerprint density at radius 3 is 2.69 bits per heavy atom. The van der Waals surface area contributed by atoms with Crippen LogP contribution >= 0.6 is 0 Å². The summed E-state index contributed by atoms with van der Waals surface area (Å²) in [7, 11) is 0. The maximum Gasteiger partial charge on any atom is 0.230 e. The second kappa shape index (κ2) is 6.98. The van der Waals surface area contributed by atoms with Crippen molar-refractivity contribution in [1.82, 2.24) is 25.8 Å². The van der Waals surface area contributed by atoms with Crippen LogP contribution < -0.4 is 5.32 Å². The average Bonchev–Trinajstić information content (AvgIpc) is 3.35. The van der Waals surface area contributed by atoms with Crippen molar-refractivity contribution in [3.05, 3.63) is 66.4 Å². The zero-order chi connectivity index (χ0) is 17.8. The highest BCUT2D eigenvalue weighted by Gasteiger charge is 2.11. The molecule has 8 heteroatoms. The highest BCUT2D eigenvalue weighted by Crippen LogP contribution is 2.21. The van der Waals surface area contributed by atoms with E-state index in [1.807, 2.05) is 42.5 Å². The fourth-order valence-corrected chi connectivity index (χ4v) is 2.52. The van der Waals surface area contributed by atoms with Gasteiger partial charge in [-0.2, -0.15) is 5.21 Å². The SMILES string of the molecule is O=C(Cc1cc(-c2ccccc2)on1)Nc1cccc(-c2nn[nH]n2)c1. The highest BCUT2D eigenvalue weighted by molar-refractivity contribution is 5.92. The number of hydrogen-bond acceptors (Lipinski definition) is 6. The molecule has 0 bridgehead atoms. The number of tetrazole rings is 1. The molecule has 4 aromatic rings. The molecule has 0 unspecified atom stereocenters. The molecule has 128 valence electrons. The zero-order valence-electron chi connectivity index (χ0n) is 13.6. The number of rotatable bonds is 5. The summed E-state index contributed by atoms with van der Waals surface area (Å²) in [6.07, 6.45) is 0.114. The first kappa shape index (κ1) is 15.7. The van der Waals surface area contributed by atoms with Crippen molar-refractivity contribution in [2.45, 2.75) is 6.42 Å². The van der Waals surface area contributed by atoms with Gasteiger partial charge in [0.25, 0.3) is 0 Å². The lowest BCUT2D eigenvalue weighted by Crippen LogP contribution is -2.14. The Morgan fingerprint density at radius 1 is 1.04 bits per heavy atom. The van der Waals surface area contributed by atoms with Crippen molar-refractivity contribution in [1.29, 1.82) is 0 Å². The molecular formula is C18H14N6O2. The van der Waals surface area contributed by atoms with Crippen LogP contribution in [-0.4, -0.2) is 31.7 Å². The normalized spacial score (nSPS) is 10.6. The zero-order valence-corrected chi connectivity index (χ0v) is 13.6. The van der Waals surface area contributed by atoms with Gasteiger partial charge in [-0.05, 0) is 17.3 Å². The van der Waals surface area contributed by atoms with Crippen molar-refractivity contribution in [3.63, 3.8) is 0 Å². The van der Waals surface area contributed by atoms with Gasteiger partial charge in [0, 0.05) is 22.9 Å². The van der Waals surface area contributed by atoms with E-state index >= 15 is 0 Å². The molecular weight excluding hydrogens is 332 g/mol. The third-order valence-electron chi connectivity index (χ3n) is 3.71. The van der Waals surface area contributed by atoms with E-state index in [1.54, 1.807) is 18.2 Å². The predicted octanol–water partition coefficient (Wildman–Crippen LogP) is 2.70. The number of aromatic nitrogens is 5. The molecule has 0 spiro atoms. The molecule has 2 aromatic heterocycles. The van der Waals surface area contributed by atoms with E-state index < -0.39 is 0 Å². The molecule has 1 amide bonds. The summed E-state index contributed by atoms with van der Waals surface area (Å²) in [5, 5.41) is 20.6. The maximum absolute atomic E-state index is 12.3. The summed E-state index contributed by atoms with van der Waals surface area (Å²) in [5.41, 5.74) is 2.88. The highest BCUT2D eigenvalue weighted by atomic mass is 16.5. The van der Waals surface area contributed by atoms with Gasteiger partial charge < -0.3 is 9.84 Å². The van der Waals surface area contributed by atoms with Crippen LogP contribution in [0, 0.1) is 0 Å². The lowest BCUT2D eigenvalue weighted by molar-refractivity contribution is -0.115. The van der Waals surface area contributed by atoms with Crippen molar-refractivity contribution in [3.8, 4) is 22.7 Å². The smallest absolute Gasteiger partial charge is 0.230 e. The van der Waals surface area contributed by atoms with Gasteiger partial charge in [-0.25, -0.2) is 0 Å². The minimum atomic E-state index is -0.192. The molecule has 0 atom stereocenters. The molecule has 4 rings (SSSR count). The molecule has 0 saturated carbocycles. The summed E-state index contributed by atoms with van der Waals surface area (Å²) in [6.45, 7) is 0. The Morgan fingerprint density at radius 2 is 1.88 bits per heavy atom. The standard InChI is InChI=1S/C18H14N6O2/c25-17(11-15-10-16(26-22-15)12-5-2-1-3-6-12)19-14-8-4-7-13(9-14)18-20-23-24-21-18/h1-10H,11H2,(H,19,25)(H,20,21,23,24). The molecule has 0 radical (unpaired) electrons. The van der Waals surface area contributed by atoms with Gasteiger partial charge in [-0.3, -0.25) is 4.79 Å². The molecule has 2 N–H and O–H groups in total. The van der Waals surface area contributed by atoms with Crippen LogP contribution in [0.3, 0.4) is 0 Å². The lowest BCUT2D eigenvalue weighted by atomic mass is 10.1. The van der Waals surface area contributed by atoms with Crippen LogP contribution in [0.2, 0.25) is 0 Å². The molecule has 2 aromatic carbocycles. The third-order valence-corrected chi connectivity index (χ3v) is 3.71. The number of amides is 1. The fourth-order valence-electron chi connectivity index (χ4n) is 2.52. The Labute approximate surface area is 148 Å². The number of anilines is 1. The van der Waals surface area contributed by atoms with Crippen LogP contribution in [0.1, 0.15) is 5.69 Å². The van der Waals surface area contributed by atoms with Crippen LogP contribution in [-0.2, 0) is 11.2 Å². The minimum absolute atomic E-state index is 0.114. The van der Waals surface area contributed by atoms with Gasteiger partial charge in [0.15, 0.2) is 5.76 Å². The van der Waals surface area contributed by atoms with Crippen molar-refractivity contribution in [2.75, 3.05) is 5.32 Å². The number of aromatic amines is 1. The van der Waals surface area contributed by atoms with Gasteiger partial charge >= 0.3 is 0 Å². The minimum Gasteiger partial charge on any atom is -0.356 e. The quantitative estimate of drug-likeness (QED) is 0.575. The van der Waals surface area contributed by atoms with Crippen molar-refractivity contribution >= 4 is 11.6 Å². The molecule has 0 aliphatic carbocycles. The van der Waals surface area contributed by atoms with Crippen LogP contribution in [0.15, 0.2) is 65.2 Å². The van der Waals surface area contributed by atoms with E-state index in [0.717, 1.165) is 11.1 Å². The number of benzene rings is 2. The number of nitrogens with zero attached hydrogens (tertiary/aromatic N) is 4. The van der Waals surface area contributed by atoms with Gasteiger partial charge in [0.2, 0.25) is 11.7 Å². The van der Waals surface area contributed by atoms with Crippen LogP contribution in [0.25, 0.3) is 22.7 Å². The molecule has 26 heavy (non-hydrogen) atoms. The van der Waals surface area contributed by atoms with Crippen LogP contribution in [0.4, 0.5) is 5.69 Å².